The number of esters is 1. The molecule has 116 valence electrons. The van der Waals surface area contributed by atoms with Crippen LogP contribution in [0.15, 0.2) is 42.1 Å². The van der Waals surface area contributed by atoms with Gasteiger partial charge in [-0.1, -0.05) is 30.3 Å². The summed E-state index contributed by atoms with van der Waals surface area (Å²) in [5.74, 6) is -1.23. The molecule has 2 N–H and O–H groups in total. The average Bonchev–Trinajstić information content (AvgIpc) is 2.53. The topological polar surface area (TPSA) is 87.7 Å². The predicted octanol–water partition coefficient (Wildman–Crippen LogP) is 0.0966. The monoisotopic (exact) mass is 303 g/mol. The standard InChI is InChI=1S/C15H17N3O4/c1-18(9-11-5-3-2-4-6-11)14(20)10-22-15(21)12-7-8-13(19)17-16-12/h2-7,16H,8-10H2,1H3,(H,17,19). The fourth-order valence-electron chi connectivity index (χ4n) is 1.83. The zero-order valence-electron chi connectivity index (χ0n) is 12.2. The molecule has 7 heteroatoms. The number of rotatable bonds is 5. The third-order valence-corrected chi connectivity index (χ3v) is 3.06. The number of nitrogens with one attached hydrogen (secondary N) is 2. The van der Waals surface area contributed by atoms with Crippen molar-refractivity contribution in [3.05, 3.63) is 47.7 Å². The summed E-state index contributed by atoms with van der Waals surface area (Å²) < 4.78 is 4.93. The van der Waals surface area contributed by atoms with E-state index in [0.29, 0.717) is 6.54 Å². The van der Waals surface area contributed by atoms with E-state index in [0.717, 1.165) is 5.56 Å². The molecule has 0 aromatic heterocycles. The van der Waals surface area contributed by atoms with Crippen molar-refractivity contribution in [3.8, 4) is 0 Å². The Balaban J connectivity index is 1.79. The maximum absolute atomic E-state index is 11.9. The predicted molar refractivity (Wildman–Crippen MR) is 77.9 cm³/mol. The van der Waals surface area contributed by atoms with Crippen LogP contribution in [0.4, 0.5) is 0 Å². The number of hydrogen-bond donors (Lipinski definition) is 2. The van der Waals surface area contributed by atoms with Gasteiger partial charge in [-0.05, 0) is 11.6 Å². The lowest BCUT2D eigenvalue weighted by Crippen LogP contribution is -2.43. The zero-order chi connectivity index (χ0) is 15.9. The van der Waals surface area contributed by atoms with E-state index in [1.54, 1.807) is 7.05 Å². The minimum Gasteiger partial charge on any atom is -0.451 e. The SMILES string of the molecule is CN(Cc1ccccc1)C(=O)COC(=O)C1=CCC(=O)NN1. The highest BCUT2D eigenvalue weighted by atomic mass is 16.5. The van der Waals surface area contributed by atoms with Crippen LogP contribution in [-0.4, -0.2) is 36.3 Å². The third-order valence-electron chi connectivity index (χ3n) is 3.06. The van der Waals surface area contributed by atoms with Crippen molar-refractivity contribution < 1.29 is 19.1 Å². The summed E-state index contributed by atoms with van der Waals surface area (Å²) in [4.78, 5) is 36.0. The second kappa shape index (κ2) is 7.26. The summed E-state index contributed by atoms with van der Waals surface area (Å²) in [6.07, 6.45) is 1.51. The van der Waals surface area contributed by atoms with Crippen molar-refractivity contribution in [2.75, 3.05) is 13.7 Å². The van der Waals surface area contributed by atoms with Crippen LogP contribution in [0.2, 0.25) is 0 Å². The molecular weight excluding hydrogens is 286 g/mol. The molecule has 0 saturated carbocycles. The lowest BCUT2D eigenvalue weighted by molar-refractivity contribution is -0.149. The van der Waals surface area contributed by atoms with Crippen LogP contribution in [0, 0.1) is 0 Å². The van der Waals surface area contributed by atoms with E-state index in [-0.39, 0.29) is 30.5 Å². The fourth-order valence-corrected chi connectivity index (χ4v) is 1.83. The Hall–Kier alpha value is -2.83. The Kier molecular flexibility index (Phi) is 5.13. The summed E-state index contributed by atoms with van der Waals surface area (Å²) in [7, 11) is 1.64. The Labute approximate surface area is 127 Å². The Morgan fingerprint density at radius 1 is 1.23 bits per heavy atom. The maximum atomic E-state index is 11.9. The van der Waals surface area contributed by atoms with Crippen LogP contribution in [0.5, 0.6) is 0 Å². The van der Waals surface area contributed by atoms with Crippen molar-refractivity contribution in [3.63, 3.8) is 0 Å². The quantitative estimate of drug-likeness (QED) is 0.753. The molecule has 1 heterocycles. The maximum Gasteiger partial charge on any atom is 0.356 e. The minimum absolute atomic E-state index is 0.0965. The molecule has 1 aromatic carbocycles. The van der Waals surface area contributed by atoms with E-state index in [2.05, 4.69) is 10.9 Å². The van der Waals surface area contributed by atoms with Gasteiger partial charge in [0.15, 0.2) is 6.61 Å². The smallest absolute Gasteiger partial charge is 0.356 e. The minimum atomic E-state index is -0.679. The highest BCUT2D eigenvalue weighted by Crippen LogP contribution is 2.04. The van der Waals surface area contributed by atoms with Crippen molar-refractivity contribution in [2.24, 2.45) is 0 Å². The number of amides is 2. The second-order valence-corrected chi connectivity index (χ2v) is 4.81. The molecule has 22 heavy (non-hydrogen) atoms. The van der Waals surface area contributed by atoms with Gasteiger partial charge in [-0.15, -0.1) is 0 Å². The molecule has 0 fully saturated rings. The van der Waals surface area contributed by atoms with E-state index in [4.69, 9.17) is 4.74 Å². The van der Waals surface area contributed by atoms with Gasteiger partial charge in [-0.3, -0.25) is 20.4 Å². The number of benzene rings is 1. The molecule has 0 aliphatic carbocycles. The van der Waals surface area contributed by atoms with Crippen molar-refractivity contribution in [1.29, 1.82) is 0 Å². The Bertz CT molecular complexity index is 598. The fraction of sp³-hybridized carbons (Fsp3) is 0.267. The molecule has 1 aromatic rings. The van der Waals surface area contributed by atoms with E-state index in [1.807, 2.05) is 30.3 Å². The first-order valence-corrected chi connectivity index (χ1v) is 6.76. The number of hydrogen-bond acceptors (Lipinski definition) is 5. The van der Waals surface area contributed by atoms with Crippen LogP contribution in [0.1, 0.15) is 12.0 Å². The van der Waals surface area contributed by atoms with Gasteiger partial charge in [0.1, 0.15) is 5.70 Å². The summed E-state index contributed by atoms with van der Waals surface area (Å²) >= 11 is 0. The van der Waals surface area contributed by atoms with E-state index in [1.165, 1.54) is 11.0 Å². The van der Waals surface area contributed by atoms with Gasteiger partial charge in [0.05, 0.1) is 0 Å². The lowest BCUT2D eigenvalue weighted by Gasteiger charge is -2.18. The molecule has 2 rings (SSSR count). The molecule has 7 nitrogen and oxygen atoms in total. The number of carbonyl (C=O) groups is 3. The molecule has 1 aliphatic rings. The van der Waals surface area contributed by atoms with Crippen molar-refractivity contribution in [2.45, 2.75) is 13.0 Å². The van der Waals surface area contributed by atoms with Gasteiger partial charge in [-0.25, -0.2) is 4.79 Å². The van der Waals surface area contributed by atoms with E-state index in [9.17, 15) is 14.4 Å². The summed E-state index contributed by atoms with van der Waals surface area (Å²) in [6.45, 7) is 0.0867. The average molecular weight is 303 g/mol. The number of carbonyl (C=O) groups excluding carboxylic acids is 3. The van der Waals surface area contributed by atoms with Gasteiger partial charge in [0.25, 0.3) is 5.91 Å². The van der Waals surface area contributed by atoms with Crippen LogP contribution in [0.25, 0.3) is 0 Å². The van der Waals surface area contributed by atoms with Crippen LogP contribution < -0.4 is 10.9 Å². The van der Waals surface area contributed by atoms with Gasteiger partial charge in [-0.2, -0.15) is 0 Å². The molecule has 0 unspecified atom stereocenters. The first kappa shape index (κ1) is 15.6. The molecule has 0 bridgehead atoms. The molecular formula is C15H17N3O4. The second-order valence-electron chi connectivity index (χ2n) is 4.81. The first-order valence-electron chi connectivity index (χ1n) is 6.76. The lowest BCUT2D eigenvalue weighted by atomic mass is 10.2. The molecule has 1 aliphatic heterocycles. The first-order chi connectivity index (χ1) is 10.6. The van der Waals surface area contributed by atoms with Crippen LogP contribution >= 0.6 is 0 Å². The Morgan fingerprint density at radius 2 is 1.95 bits per heavy atom. The molecule has 0 atom stereocenters. The number of hydrazine groups is 1. The molecule has 2 amide bonds. The van der Waals surface area contributed by atoms with Crippen molar-refractivity contribution in [1.82, 2.24) is 15.8 Å². The third kappa shape index (κ3) is 4.34. The highest BCUT2D eigenvalue weighted by molar-refractivity contribution is 5.92. The highest BCUT2D eigenvalue weighted by Gasteiger charge is 2.18. The number of likely N-dealkylation sites (N-methyl/N-ethyl adjacent to an activating group) is 1. The summed E-state index contributed by atoms with van der Waals surface area (Å²) in [5.41, 5.74) is 5.84. The largest absolute Gasteiger partial charge is 0.451 e. The number of nitrogens with zero attached hydrogens (tertiary/aromatic N) is 1. The molecule has 0 saturated heterocycles. The van der Waals surface area contributed by atoms with Crippen LogP contribution in [-0.2, 0) is 25.7 Å². The number of ether oxygens (including phenoxy) is 1. The normalized spacial score (nSPS) is 13.5. The molecule has 0 spiro atoms. The Morgan fingerprint density at radius 3 is 2.59 bits per heavy atom. The van der Waals surface area contributed by atoms with Gasteiger partial charge >= 0.3 is 5.97 Å². The van der Waals surface area contributed by atoms with Gasteiger partial charge < -0.3 is 9.64 Å². The zero-order valence-corrected chi connectivity index (χ0v) is 12.2. The molecule has 0 radical (unpaired) electrons. The van der Waals surface area contributed by atoms with E-state index < -0.39 is 5.97 Å². The van der Waals surface area contributed by atoms with Crippen molar-refractivity contribution >= 4 is 17.8 Å². The van der Waals surface area contributed by atoms with E-state index >= 15 is 0 Å². The van der Waals surface area contributed by atoms with Gasteiger partial charge in [0, 0.05) is 20.0 Å². The van der Waals surface area contributed by atoms with Crippen LogP contribution in [0.3, 0.4) is 0 Å². The van der Waals surface area contributed by atoms with Gasteiger partial charge in [0.2, 0.25) is 5.91 Å². The summed E-state index contributed by atoms with van der Waals surface area (Å²) in [5, 5.41) is 0. The summed E-state index contributed by atoms with van der Waals surface area (Å²) in [6, 6.07) is 9.51.